The molecule has 1 aromatic carbocycles. The first-order chi connectivity index (χ1) is 9.27. The molecule has 0 amide bonds. The van der Waals surface area contributed by atoms with E-state index in [9.17, 15) is 4.57 Å². The second kappa shape index (κ2) is 7.96. The molecule has 4 nitrogen and oxygen atoms in total. The number of phosphoric acid groups is 1. The van der Waals surface area contributed by atoms with Crippen LogP contribution in [-0.2, 0) is 13.6 Å². The number of phosphoric ester groups is 1. The summed E-state index contributed by atoms with van der Waals surface area (Å²) in [5, 5.41) is -0.587. The summed E-state index contributed by atoms with van der Waals surface area (Å²) < 4.78 is 26.8. The molecular formula is C9H7Cl6O4P. The van der Waals surface area contributed by atoms with Crippen molar-refractivity contribution in [2.24, 2.45) is 0 Å². The Morgan fingerprint density at radius 3 is 1.80 bits per heavy atom. The minimum absolute atomic E-state index is 0.0513. The van der Waals surface area contributed by atoms with Crippen molar-refractivity contribution in [3.63, 3.8) is 0 Å². The Hall–Kier alpha value is 0.910. The van der Waals surface area contributed by atoms with Crippen LogP contribution in [0.2, 0.25) is 25.1 Å². The fourth-order valence-electron chi connectivity index (χ4n) is 1.04. The second-order valence-electron chi connectivity index (χ2n) is 3.14. The molecule has 0 N–H and O–H groups in total. The molecule has 1 rings (SSSR count). The fourth-order valence-corrected chi connectivity index (χ4v) is 3.48. The smallest absolute Gasteiger partial charge is 0.401 e. The number of hydrogen-bond donors (Lipinski definition) is 0. The summed E-state index contributed by atoms with van der Waals surface area (Å²) in [7, 11) is -2.84. The van der Waals surface area contributed by atoms with Gasteiger partial charge in [0.05, 0.1) is 21.7 Å². The number of alkyl halides is 1. The van der Waals surface area contributed by atoms with Crippen LogP contribution in [0.4, 0.5) is 0 Å². The SMILES string of the molecule is COP(=O)(OCCCl)Oc1c(Cl)c(Cl)c(Cl)c(Cl)c1Cl. The molecule has 0 aliphatic rings. The Bertz CT molecular complexity index is 523. The molecule has 20 heavy (non-hydrogen) atoms. The van der Waals surface area contributed by atoms with Gasteiger partial charge in [-0.2, -0.15) is 0 Å². The lowest BCUT2D eigenvalue weighted by Crippen LogP contribution is -2.03. The van der Waals surface area contributed by atoms with Gasteiger partial charge in [0.15, 0.2) is 5.75 Å². The van der Waals surface area contributed by atoms with Gasteiger partial charge in [-0.05, 0) is 0 Å². The van der Waals surface area contributed by atoms with Crippen LogP contribution in [0.15, 0.2) is 0 Å². The predicted octanol–water partition coefficient (Wildman–Crippen LogP) is 6.34. The van der Waals surface area contributed by atoms with Crippen molar-refractivity contribution in [1.29, 1.82) is 0 Å². The molecule has 0 saturated carbocycles. The highest BCUT2D eigenvalue weighted by Gasteiger charge is 2.31. The van der Waals surface area contributed by atoms with Crippen LogP contribution in [0.3, 0.4) is 0 Å². The molecular weight excluding hydrogens is 416 g/mol. The van der Waals surface area contributed by atoms with E-state index >= 15 is 0 Å². The van der Waals surface area contributed by atoms with Gasteiger partial charge in [-0.15, -0.1) is 11.6 Å². The highest BCUT2D eigenvalue weighted by Crippen LogP contribution is 2.56. The molecule has 1 unspecified atom stereocenters. The third-order valence-electron chi connectivity index (χ3n) is 1.92. The molecule has 1 atom stereocenters. The van der Waals surface area contributed by atoms with Gasteiger partial charge in [-0.3, -0.25) is 9.05 Å². The van der Waals surface area contributed by atoms with E-state index < -0.39 is 7.82 Å². The van der Waals surface area contributed by atoms with E-state index in [1.54, 1.807) is 0 Å². The van der Waals surface area contributed by atoms with Gasteiger partial charge in [0, 0.05) is 13.0 Å². The second-order valence-corrected chi connectivity index (χ2v) is 7.11. The molecule has 0 aliphatic carbocycles. The molecule has 0 saturated heterocycles. The van der Waals surface area contributed by atoms with Crippen molar-refractivity contribution in [2.75, 3.05) is 19.6 Å². The first kappa shape index (κ1) is 19.0. The van der Waals surface area contributed by atoms with E-state index in [2.05, 4.69) is 4.52 Å². The summed E-state index contributed by atoms with van der Waals surface area (Å²) >= 11 is 34.8. The van der Waals surface area contributed by atoms with Crippen LogP contribution in [0, 0.1) is 0 Å². The van der Waals surface area contributed by atoms with E-state index in [0.717, 1.165) is 7.11 Å². The normalized spacial score (nSPS) is 14.2. The van der Waals surface area contributed by atoms with E-state index in [1.165, 1.54) is 0 Å². The molecule has 0 spiro atoms. The van der Waals surface area contributed by atoms with Gasteiger partial charge >= 0.3 is 7.82 Å². The minimum atomic E-state index is -3.96. The summed E-state index contributed by atoms with van der Waals surface area (Å²) in [6.07, 6.45) is 0. The van der Waals surface area contributed by atoms with Crippen LogP contribution in [0.25, 0.3) is 0 Å². The van der Waals surface area contributed by atoms with Crippen molar-refractivity contribution in [1.82, 2.24) is 0 Å². The maximum absolute atomic E-state index is 12.2. The molecule has 0 aromatic heterocycles. The highest BCUT2D eigenvalue weighted by molar-refractivity contribution is 7.48. The molecule has 0 bridgehead atoms. The van der Waals surface area contributed by atoms with Crippen molar-refractivity contribution in [2.45, 2.75) is 0 Å². The minimum Gasteiger partial charge on any atom is -0.401 e. The summed E-state index contributed by atoms with van der Waals surface area (Å²) in [4.78, 5) is 0. The molecule has 0 fully saturated rings. The van der Waals surface area contributed by atoms with Gasteiger partial charge in [0.2, 0.25) is 0 Å². The predicted molar refractivity (Wildman–Crippen MR) is 83.4 cm³/mol. The molecule has 0 aliphatic heterocycles. The quantitative estimate of drug-likeness (QED) is 0.232. The zero-order valence-electron chi connectivity index (χ0n) is 9.76. The molecule has 0 radical (unpaired) electrons. The molecule has 114 valence electrons. The van der Waals surface area contributed by atoms with Gasteiger partial charge in [-0.25, -0.2) is 4.57 Å². The molecule has 11 heteroatoms. The Morgan fingerprint density at radius 2 is 1.40 bits per heavy atom. The lowest BCUT2D eigenvalue weighted by molar-refractivity contribution is 0.188. The van der Waals surface area contributed by atoms with Gasteiger partial charge < -0.3 is 4.52 Å². The van der Waals surface area contributed by atoms with Crippen LogP contribution < -0.4 is 4.52 Å². The Morgan fingerprint density at radius 1 is 0.950 bits per heavy atom. The highest BCUT2D eigenvalue weighted by atomic mass is 35.5. The maximum atomic E-state index is 12.2. The Labute approximate surface area is 145 Å². The van der Waals surface area contributed by atoms with E-state index in [4.69, 9.17) is 78.7 Å². The van der Waals surface area contributed by atoms with Crippen LogP contribution in [0.1, 0.15) is 0 Å². The first-order valence-electron chi connectivity index (χ1n) is 4.84. The largest absolute Gasteiger partial charge is 0.529 e. The third kappa shape index (κ3) is 4.22. The monoisotopic (exact) mass is 420 g/mol. The van der Waals surface area contributed by atoms with Gasteiger partial charge in [0.1, 0.15) is 10.0 Å². The fraction of sp³-hybridized carbons (Fsp3) is 0.333. The van der Waals surface area contributed by atoms with Crippen molar-refractivity contribution in [3.8, 4) is 5.75 Å². The summed E-state index contributed by atoms with van der Waals surface area (Å²) in [5.41, 5.74) is 0. The lowest BCUT2D eigenvalue weighted by atomic mass is 10.3. The van der Waals surface area contributed by atoms with Crippen LogP contribution in [0.5, 0.6) is 5.75 Å². The average molecular weight is 423 g/mol. The Kier molecular flexibility index (Phi) is 7.54. The average Bonchev–Trinajstić information content (AvgIpc) is 2.45. The number of hydrogen-bond acceptors (Lipinski definition) is 4. The van der Waals surface area contributed by atoms with Crippen LogP contribution in [-0.4, -0.2) is 19.6 Å². The lowest BCUT2D eigenvalue weighted by Gasteiger charge is -2.19. The number of rotatable bonds is 6. The van der Waals surface area contributed by atoms with Gasteiger partial charge in [0.25, 0.3) is 0 Å². The number of halogens is 6. The molecule has 0 heterocycles. The van der Waals surface area contributed by atoms with Gasteiger partial charge in [-0.1, -0.05) is 58.0 Å². The maximum Gasteiger partial charge on any atom is 0.529 e. The van der Waals surface area contributed by atoms with Crippen molar-refractivity contribution < 1.29 is 18.1 Å². The zero-order valence-corrected chi connectivity index (χ0v) is 15.2. The standard InChI is InChI=1S/C9H7Cl6O4P/c1-17-20(16,18-3-2-10)19-9-7(14)5(12)4(11)6(13)8(9)15/h2-3H2,1H3. The van der Waals surface area contributed by atoms with Crippen molar-refractivity contribution in [3.05, 3.63) is 25.1 Å². The van der Waals surface area contributed by atoms with Crippen LogP contribution >= 0.6 is 77.4 Å². The third-order valence-corrected chi connectivity index (χ3v) is 5.67. The van der Waals surface area contributed by atoms with E-state index in [-0.39, 0.29) is 43.3 Å². The summed E-state index contributed by atoms with van der Waals surface area (Å²) in [6, 6.07) is 0. The molecule has 1 aromatic rings. The zero-order chi connectivity index (χ0) is 15.5. The topological polar surface area (TPSA) is 44.8 Å². The first-order valence-corrected chi connectivity index (χ1v) is 8.73. The number of benzene rings is 1. The van der Waals surface area contributed by atoms with E-state index in [1.807, 2.05) is 0 Å². The van der Waals surface area contributed by atoms with Crippen molar-refractivity contribution >= 4 is 77.4 Å². The summed E-state index contributed by atoms with van der Waals surface area (Å²) in [5.74, 6) is -0.173. The Balaban J connectivity index is 3.24. The summed E-state index contributed by atoms with van der Waals surface area (Å²) in [6.45, 7) is -0.0725. The van der Waals surface area contributed by atoms with E-state index in [0.29, 0.717) is 0 Å².